The van der Waals surface area contributed by atoms with Crippen LogP contribution in [0.2, 0.25) is 0 Å². The van der Waals surface area contributed by atoms with E-state index in [1.165, 1.54) is 0 Å². The average Bonchev–Trinajstić information content (AvgIpc) is 3.18. The second-order valence-corrected chi connectivity index (χ2v) is 6.25. The van der Waals surface area contributed by atoms with Gasteiger partial charge in [0.25, 0.3) is 0 Å². The molecule has 1 aromatic carbocycles. The first-order valence-corrected chi connectivity index (χ1v) is 6.71. The molecule has 0 amide bonds. The molecule has 0 radical (unpaired) electrons. The van der Waals surface area contributed by atoms with Gasteiger partial charge >= 0.3 is 0 Å². The summed E-state index contributed by atoms with van der Waals surface area (Å²) in [5, 5.41) is 9.17. The number of carbonyl (C=O) groups is 1. The molecule has 1 fully saturated rings. The summed E-state index contributed by atoms with van der Waals surface area (Å²) >= 11 is 0. The minimum atomic E-state index is -0.0671. The van der Waals surface area contributed by atoms with Crippen molar-refractivity contribution in [3.05, 3.63) is 29.3 Å². The van der Waals surface area contributed by atoms with E-state index in [1.54, 1.807) is 18.2 Å². The number of ketones is 1. The van der Waals surface area contributed by atoms with Crippen molar-refractivity contribution in [2.45, 2.75) is 33.3 Å². The van der Waals surface area contributed by atoms with Crippen molar-refractivity contribution in [2.24, 2.45) is 5.41 Å². The first kappa shape index (κ1) is 14.5. The van der Waals surface area contributed by atoms with Crippen molar-refractivity contribution in [3.8, 4) is 11.8 Å². The van der Waals surface area contributed by atoms with Crippen molar-refractivity contribution in [1.29, 1.82) is 5.26 Å². The lowest BCUT2D eigenvalue weighted by atomic mass is 9.87. The fourth-order valence-electron chi connectivity index (χ4n) is 1.85. The number of nitrogens with zero attached hydrogens (tertiary/aromatic N) is 1. The first-order valence-electron chi connectivity index (χ1n) is 6.71. The van der Waals surface area contributed by atoms with Gasteiger partial charge in [-0.15, -0.1) is 0 Å². The number of Topliss-reactive ketones (excluding diaryl/α,β-unsaturated/α-hetero) is 1. The molecule has 1 atom stereocenters. The lowest BCUT2D eigenvalue weighted by Crippen LogP contribution is -2.13. The molecule has 106 valence electrons. The molecular weight excluding hydrogens is 254 g/mol. The Morgan fingerprint density at radius 1 is 1.50 bits per heavy atom. The van der Waals surface area contributed by atoms with E-state index in [4.69, 9.17) is 14.7 Å². The van der Waals surface area contributed by atoms with Gasteiger partial charge in [-0.3, -0.25) is 4.79 Å². The van der Waals surface area contributed by atoms with E-state index in [9.17, 15) is 4.79 Å². The zero-order valence-corrected chi connectivity index (χ0v) is 12.1. The van der Waals surface area contributed by atoms with E-state index in [2.05, 4.69) is 6.07 Å². The second kappa shape index (κ2) is 5.64. The van der Waals surface area contributed by atoms with Crippen LogP contribution in [0.5, 0.6) is 5.75 Å². The molecule has 2 rings (SSSR count). The SMILES string of the molecule is CC(C)(C)CC(=O)c1ccc(OCC2CO2)c(C#N)c1. The van der Waals surface area contributed by atoms with Crippen molar-refractivity contribution in [3.63, 3.8) is 0 Å². The van der Waals surface area contributed by atoms with Crippen molar-refractivity contribution in [1.82, 2.24) is 0 Å². The summed E-state index contributed by atoms with van der Waals surface area (Å²) in [5.74, 6) is 0.557. The molecule has 1 unspecified atom stereocenters. The second-order valence-electron chi connectivity index (χ2n) is 6.25. The summed E-state index contributed by atoms with van der Waals surface area (Å²) in [5.41, 5.74) is 0.888. The molecule has 0 saturated carbocycles. The van der Waals surface area contributed by atoms with Gasteiger partial charge in [0, 0.05) is 12.0 Å². The van der Waals surface area contributed by atoms with Crippen molar-refractivity contribution in [2.75, 3.05) is 13.2 Å². The lowest BCUT2D eigenvalue weighted by molar-refractivity contribution is 0.0940. The van der Waals surface area contributed by atoms with Crippen LogP contribution in [0, 0.1) is 16.7 Å². The number of benzene rings is 1. The van der Waals surface area contributed by atoms with E-state index in [1.807, 2.05) is 20.8 Å². The van der Waals surface area contributed by atoms with E-state index in [-0.39, 0.29) is 17.3 Å². The molecule has 0 bridgehead atoms. The third-order valence-corrected chi connectivity index (χ3v) is 2.94. The Hall–Kier alpha value is -1.86. The Morgan fingerprint density at radius 2 is 2.20 bits per heavy atom. The molecule has 0 N–H and O–H groups in total. The zero-order valence-electron chi connectivity index (χ0n) is 12.1. The molecule has 4 heteroatoms. The summed E-state index contributed by atoms with van der Waals surface area (Å²) in [7, 11) is 0. The third-order valence-electron chi connectivity index (χ3n) is 2.94. The molecule has 0 spiro atoms. The highest BCUT2D eigenvalue weighted by molar-refractivity contribution is 5.97. The molecule has 1 heterocycles. The van der Waals surface area contributed by atoms with Gasteiger partial charge in [-0.1, -0.05) is 20.8 Å². The maximum Gasteiger partial charge on any atom is 0.163 e. The van der Waals surface area contributed by atoms with E-state index in [0.717, 1.165) is 0 Å². The van der Waals surface area contributed by atoms with E-state index in [0.29, 0.717) is 36.5 Å². The smallest absolute Gasteiger partial charge is 0.163 e. The molecule has 1 aliphatic rings. The molecule has 0 aromatic heterocycles. The quantitative estimate of drug-likeness (QED) is 0.611. The average molecular weight is 273 g/mol. The molecule has 1 saturated heterocycles. The Balaban J connectivity index is 2.11. The largest absolute Gasteiger partial charge is 0.489 e. The van der Waals surface area contributed by atoms with Gasteiger partial charge < -0.3 is 9.47 Å². The predicted octanol–water partition coefficient (Wildman–Crippen LogP) is 2.95. The molecule has 1 aromatic rings. The Labute approximate surface area is 119 Å². The van der Waals surface area contributed by atoms with Crippen LogP contribution >= 0.6 is 0 Å². The summed E-state index contributed by atoms with van der Waals surface area (Å²) in [4.78, 5) is 12.1. The number of nitriles is 1. The fraction of sp³-hybridized carbons (Fsp3) is 0.500. The number of carbonyl (C=O) groups excluding carboxylic acids is 1. The summed E-state index contributed by atoms with van der Waals surface area (Å²) < 4.78 is 10.6. The molecular formula is C16H19NO3. The monoisotopic (exact) mass is 273 g/mol. The van der Waals surface area contributed by atoms with Gasteiger partial charge in [-0.25, -0.2) is 0 Å². The Bertz CT molecular complexity index is 548. The van der Waals surface area contributed by atoms with Crippen LogP contribution in [0.1, 0.15) is 43.1 Å². The Kier molecular flexibility index (Phi) is 4.10. The van der Waals surface area contributed by atoms with Crippen LogP contribution < -0.4 is 4.74 Å². The van der Waals surface area contributed by atoms with Crippen molar-refractivity contribution >= 4 is 5.78 Å². The summed E-state index contributed by atoms with van der Waals surface area (Å²) in [6, 6.07) is 7.10. The van der Waals surface area contributed by atoms with Gasteiger partial charge in [0.1, 0.15) is 24.5 Å². The number of epoxide rings is 1. The van der Waals surface area contributed by atoms with Gasteiger partial charge in [0.2, 0.25) is 0 Å². The van der Waals surface area contributed by atoms with Crippen LogP contribution in [0.4, 0.5) is 0 Å². The predicted molar refractivity (Wildman–Crippen MR) is 74.8 cm³/mol. The number of rotatable bonds is 5. The van der Waals surface area contributed by atoms with Crippen LogP contribution in [0.15, 0.2) is 18.2 Å². The lowest BCUT2D eigenvalue weighted by Gasteiger charge is -2.17. The third kappa shape index (κ3) is 4.07. The Morgan fingerprint density at radius 3 is 2.75 bits per heavy atom. The highest BCUT2D eigenvalue weighted by Crippen LogP contribution is 2.25. The van der Waals surface area contributed by atoms with E-state index >= 15 is 0 Å². The van der Waals surface area contributed by atoms with Crippen LogP contribution in [0.3, 0.4) is 0 Å². The summed E-state index contributed by atoms with van der Waals surface area (Å²) in [6.45, 7) is 7.21. The molecule has 0 aliphatic carbocycles. The molecule has 4 nitrogen and oxygen atoms in total. The number of ether oxygens (including phenoxy) is 2. The van der Waals surface area contributed by atoms with Gasteiger partial charge in [0.15, 0.2) is 5.78 Å². The van der Waals surface area contributed by atoms with Gasteiger partial charge in [-0.2, -0.15) is 5.26 Å². The fourth-order valence-corrected chi connectivity index (χ4v) is 1.85. The number of hydrogen-bond acceptors (Lipinski definition) is 4. The zero-order chi connectivity index (χ0) is 14.8. The number of hydrogen-bond donors (Lipinski definition) is 0. The molecule has 20 heavy (non-hydrogen) atoms. The summed E-state index contributed by atoms with van der Waals surface area (Å²) in [6.07, 6.45) is 0.595. The minimum absolute atomic E-state index is 0.0473. The standard InChI is InChI=1S/C16H19NO3/c1-16(2,3)7-14(18)11-4-5-15(12(6-11)8-17)20-10-13-9-19-13/h4-6,13H,7,9-10H2,1-3H3. The maximum atomic E-state index is 12.1. The minimum Gasteiger partial charge on any atom is -0.489 e. The highest BCUT2D eigenvalue weighted by Gasteiger charge is 2.24. The first-order chi connectivity index (χ1) is 9.39. The topological polar surface area (TPSA) is 62.6 Å². The van der Waals surface area contributed by atoms with Crippen LogP contribution in [-0.2, 0) is 4.74 Å². The van der Waals surface area contributed by atoms with Crippen LogP contribution in [0.25, 0.3) is 0 Å². The van der Waals surface area contributed by atoms with E-state index < -0.39 is 0 Å². The highest BCUT2D eigenvalue weighted by atomic mass is 16.6. The maximum absolute atomic E-state index is 12.1. The normalized spacial score (nSPS) is 17.4. The van der Waals surface area contributed by atoms with Crippen LogP contribution in [-0.4, -0.2) is 25.1 Å². The van der Waals surface area contributed by atoms with Gasteiger partial charge in [-0.05, 0) is 23.6 Å². The molecule has 1 aliphatic heterocycles. The van der Waals surface area contributed by atoms with Gasteiger partial charge in [0.05, 0.1) is 12.2 Å². The van der Waals surface area contributed by atoms with Crippen molar-refractivity contribution < 1.29 is 14.3 Å².